The van der Waals surface area contributed by atoms with E-state index in [2.05, 4.69) is 15.0 Å². The molecule has 48 heavy (non-hydrogen) atoms. The number of hydrogen-bond acceptors (Lipinski definition) is 7. The van der Waals surface area contributed by atoms with Crippen LogP contribution in [0.1, 0.15) is 27.8 Å². The fourth-order valence-corrected chi connectivity index (χ4v) is 6.60. The van der Waals surface area contributed by atoms with E-state index in [1.54, 1.807) is 36.4 Å². The van der Waals surface area contributed by atoms with E-state index in [1.807, 2.05) is 80.6 Å². The number of thioether (sulfide) groups is 1. The second kappa shape index (κ2) is 15.4. The molecule has 236 valence electrons. The number of sulfonamides is 1. The van der Waals surface area contributed by atoms with Gasteiger partial charge in [-0.05, 0) is 90.0 Å². The minimum atomic E-state index is -4.09. The van der Waals surface area contributed by atoms with Crippen LogP contribution in [-0.4, -0.2) is 25.4 Å². The molecule has 0 saturated carbocycles. The molecule has 1 aliphatic heterocycles. The number of hydrogen-bond donors (Lipinski definition) is 1. The molecule has 0 spiro atoms. The van der Waals surface area contributed by atoms with Gasteiger partial charge in [0.2, 0.25) is 0 Å². The van der Waals surface area contributed by atoms with Gasteiger partial charge in [-0.1, -0.05) is 83.9 Å². The van der Waals surface area contributed by atoms with E-state index in [9.17, 15) is 18.0 Å². The van der Waals surface area contributed by atoms with Crippen molar-refractivity contribution in [3.63, 3.8) is 0 Å². The molecule has 5 aromatic carbocycles. The molecule has 11 heteroatoms. The fraction of sp³-hybridized carbons (Fsp3) is 0.108. The van der Waals surface area contributed by atoms with Crippen LogP contribution in [0.3, 0.4) is 0 Å². The van der Waals surface area contributed by atoms with Crippen molar-refractivity contribution in [3.8, 4) is 5.75 Å². The molecule has 0 aromatic heterocycles. The summed E-state index contributed by atoms with van der Waals surface area (Å²) in [7, 11) is -4.09. The van der Waals surface area contributed by atoms with Gasteiger partial charge < -0.3 is 19.6 Å². The summed E-state index contributed by atoms with van der Waals surface area (Å²) in [6, 6.07) is 33.0. The Bertz CT molecular complexity index is 2150. The van der Waals surface area contributed by atoms with Crippen LogP contribution in [0.5, 0.6) is 5.75 Å². The minimum Gasteiger partial charge on any atom is -0.541 e. The molecule has 0 atom stereocenters. The average Bonchev–Trinajstić information content (AvgIpc) is 3.39. The molecule has 1 heterocycles. The molecule has 2 amide bonds. The molecule has 1 aliphatic rings. The maximum atomic E-state index is 13.0. The average molecular weight is 684 g/mol. The zero-order chi connectivity index (χ0) is 33.0. The minimum absolute atomic E-state index is 0. The van der Waals surface area contributed by atoms with Crippen molar-refractivity contribution in [1.29, 1.82) is 0 Å². The van der Waals surface area contributed by atoms with Crippen LogP contribution in [0.2, 0.25) is 0 Å². The van der Waals surface area contributed by atoms with E-state index in [1.165, 1.54) is 29.5 Å². The molecule has 0 unspecified atom stereocenters. The predicted octanol–water partition coefficient (Wildman–Crippen LogP) is 4.76. The molecule has 0 radical (unpaired) electrons. The third-order valence-corrected chi connectivity index (χ3v) is 9.62. The summed E-state index contributed by atoms with van der Waals surface area (Å²) in [5.74, 6) is -0.377. The van der Waals surface area contributed by atoms with Gasteiger partial charge in [-0.2, -0.15) is 0 Å². The van der Waals surface area contributed by atoms with E-state index < -0.39 is 15.9 Å². The normalized spacial score (nSPS) is 14.5. The Morgan fingerprint density at radius 3 is 2.12 bits per heavy atom. The summed E-state index contributed by atoms with van der Waals surface area (Å²) in [6.07, 6.45) is 1.63. The van der Waals surface area contributed by atoms with Crippen molar-refractivity contribution in [1.82, 2.24) is 5.32 Å². The summed E-state index contributed by atoms with van der Waals surface area (Å²) in [5.41, 5.74) is 5.04. The predicted molar refractivity (Wildman–Crippen MR) is 187 cm³/mol. The van der Waals surface area contributed by atoms with Gasteiger partial charge in [0.25, 0.3) is 5.91 Å². The smallest absolute Gasteiger partial charge is 0.541 e. The monoisotopic (exact) mass is 683 g/mol. The Kier molecular flexibility index (Phi) is 11.2. The maximum absolute atomic E-state index is 13.0. The van der Waals surface area contributed by atoms with Crippen LogP contribution in [0.25, 0.3) is 21.6 Å². The van der Waals surface area contributed by atoms with E-state index >= 15 is 0 Å². The van der Waals surface area contributed by atoms with E-state index in [0.29, 0.717) is 33.7 Å². The molecule has 5 aromatic rings. The quantitative estimate of drug-likeness (QED) is 0.177. The molecule has 1 saturated heterocycles. The van der Waals surface area contributed by atoms with Gasteiger partial charge in [0.05, 0.1) is 21.4 Å². The molecule has 8 nitrogen and oxygen atoms in total. The molecule has 1 fully saturated rings. The Morgan fingerprint density at radius 2 is 1.46 bits per heavy atom. The SMILES string of the molecule is Cc1ccc(COc2cc3ccccc3cc2C=C2SC(=Nc3ccc(CC(=O)[N-]S(=O)(=O)c4ccc(C)cc4)cc3)NC2=O)cc1.[Na+]. The molecular weight excluding hydrogens is 654 g/mol. The summed E-state index contributed by atoms with van der Waals surface area (Å²) in [6.45, 7) is 4.27. The first-order valence-corrected chi connectivity index (χ1v) is 17.0. The van der Waals surface area contributed by atoms with E-state index in [0.717, 1.165) is 27.5 Å². The van der Waals surface area contributed by atoms with Gasteiger partial charge in [0.15, 0.2) is 5.17 Å². The van der Waals surface area contributed by atoms with Gasteiger partial charge in [-0.15, -0.1) is 0 Å². The van der Waals surface area contributed by atoms with Gasteiger partial charge in [0.1, 0.15) is 22.4 Å². The van der Waals surface area contributed by atoms with Gasteiger partial charge >= 0.3 is 29.6 Å². The third-order valence-electron chi connectivity index (χ3n) is 7.39. The van der Waals surface area contributed by atoms with Crippen LogP contribution < -0.4 is 39.6 Å². The number of amides is 2. The fourth-order valence-electron chi connectivity index (χ4n) is 4.85. The number of aliphatic imine (C=N–C) groups is 1. The summed E-state index contributed by atoms with van der Waals surface area (Å²) >= 11 is 1.22. The van der Waals surface area contributed by atoms with Crippen LogP contribution >= 0.6 is 11.8 Å². The largest absolute Gasteiger partial charge is 1.00 e. The number of carbonyl (C=O) groups is 2. The second-order valence-electron chi connectivity index (χ2n) is 11.1. The van der Waals surface area contributed by atoms with Crippen molar-refractivity contribution in [3.05, 3.63) is 147 Å². The van der Waals surface area contributed by atoms with Crippen LogP contribution in [0.15, 0.2) is 124 Å². The van der Waals surface area contributed by atoms with Crippen molar-refractivity contribution in [2.24, 2.45) is 4.99 Å². The Balaban J connectivity index is 0.00000451. The standard InChI is InChI=1S/C37H31N3O5S2.Na/c1-24-7-11-27(12-8-24)23-45-33-21-29-6-4-3-5-28(29)20-30(33)22-34-36(42)39-37(46-34)38-31-15-13-26(14-16-31)19-35(41)40-47(43,44)32-17-9-25(2)10-18-32;/h3-18,20-22H,19,23H2,1-2H3,(H2,38,39,40,41,42);/q;+1/p-1. The zero-order valence-electron chi connectivity index (χ0n) is 26.6. The van der Waals surface area contributed by atoms with E-state index in [-0.39, 0.29) is 46.8 Å². The number of rotatable bonds is 9. The summed E-state index contributed by atoms with van der Waals surface area (Å²) < 4.78 is 34.7. The first-order chi connectivity index (χ1) is 22.6. The molecule has 0 aliphatic carbocycles. The Morgan fingerprint density at radius 1 is 0.854 bits per heavy atom. The topological polar surface area (TPSA) is 116 Å². The number of aryl methyl sites for hydroxylation is 2. The third kappa shape index (κ3) is 8.83. The number of benzene rings is 5. The number of amidine groups is 1. The van der Waals surface area contributed by atoms with Crippen LogP contribution in [-0.2, 0) is 32.6 Å². The number of ether oxygens (including phenoxy) is 1. The Hall–Kier alpha value is -4.19. The first kappa shape index (κ1) is 35.1. The van der Waals surface area contributed by atoms with Crippen molar-refractivity contribution < 1.29 is 52.3 Å². The number of nitrogens with one attached hydrogen (secondary N) is 1. The summed E-state index contributed by atoms with van der Waals surface area (Å²) in [4.78, 5) is 30.4. The number of nitrogens with zero attached hydrogens (tertiary/aromatic N) is 2. The van der Waals surface area contributed by atoms with E-state index in [4.69, 9.17) is 4.74 Å². The van der Waals surface area contributed by atoms with Gasteiger partial charge in [-0.3, -0.25) is 4.79 Å². The Labute approximate surface area is 306 Å². The molecule has 6 rings (SSSR count). The summed E-state index contributed by atoms with van der Waals surface area (Å²) in [5, 5.41) is 5.28. The van der Waals surface area contributed by atoms with Gasteiger partial charge in [-0.25, -0.2) is 13.4 Å². The number of fused-ring (bicyclic) bond motifs is 1. The van der Waals surface area contributed by atoms with Crippen molar-refractivity contribution in [2.45, 2.75) is 31.8 Å². The van der Waals surface area contributed by atoms with Crippen molar-refractivity contribution in [2.75, 3.05) is 0 Å². The van der Waals surface area contributed by atoms with Crippen LogP contribution in [0, 0.1) is 13.8 Å². The molecule has 0 bridgehead atoms. The van der Waals surface area contributed by atoms with Crippen LogP contribution in [0.4, 0.5) is 5.69 Å². The van der Waals surface area contributed by atoms with Gasteiger partial charge in [0, 0.05) is 12.0 Å². The van der Waals surface area contributed by atoms with Crippen molar-refractivity contribution >= 4 is 61.3 Å². The first-order valence-electron chi connectivity index (χ1n) is 14.8. The molecular formula is C37H30N3NaO5S2. The maximum Gasteiger partial charge on any atom is 1.00 e. The molecule has 1 N–H and O–H groups in total. The second-order valence-corrected chi connectivity index (χ2v) is 13.7. The number of carbonyl (C=O) groups excluding carboxylic acids is 2. The zero-order valence-corrected chi connectivity index (χ0v) is 30.3.